The zero-order chi connectivity index (χ0) is 17.8. The molecule has 0 aliphatic heterocycles. The lowest BCUT2D eigenvalue weighted by Crippen LogP contribution is -2.23. The maximum Gasteiger partial charge on any atom is 0.287 e. The smallest absolute Gasteiger partial charge is 0.287 e. The van der Waals surface area contributed by atoms with Crippen molar-refractivity contribution >= 4 is 17.5 Å². The summed E-state index contributed by atoms with van der Waals surface area (Å²) in [6, 6.07) is 12.4. The van der Waals surface area contributed by atoms with Gasteiger partial charge in [0.1, 0.15) is 18.1 Å². The first-order valence-corrected chi connectivity index (χ1v) is 8.14. The van der Waals surface area contributed by atoms with E-state index in [0.717, 1.165) is 11.4 Å². The molecule has 1 N–H and O–H groups in total. The second-order valence-electron chi connectivity index (χ2n) is 5.60. The molecule has 0 spiro atoms. The lowest BCUT2D eigenvalue weighted by atomic mass is 10.3. The first kappa shape index (κ1) is 17.1. The Kier molecular flexibility index (Phi) is 5.09. The number of hydrogen-bond acceptors (Lipinski definition) is 4. The highest BCUT2D eigenvalue weighted by molar-refractivity contribution is 6.30. The minimum Gasteiger partial charge on any atom is -0.486 e. The highest BCUT2D eigenvalue weighted by Crippen LogP contribution is 2.19. The van der Waals surface area contributed by atoms with E-state index in [1.807, 2.05) is 20.0 Å². The largest absolute Gasteiger partial charge is 0.486 e. The molecular weight excluding hydrogens is 342 g/mol. The Morgan fingerprint density at radius 2 is 2.16 bits per heavy atom. The fraction of sp³-hybridized carbons (Fsp3) is 0.222. The van der Waals surface area contributed by atoms with Gasteiger partial charge < -0.3 is 14.5 Å². The van der Waals surface area contributed by atoms with Crippen LogP contribution in [0.15, 0.2) is 46.9 Å². The van der Waals surface area contributed by atoms with Gasteiger partial charge in [-0.25, -0.2) is 0 Å². The molecule has 0 saturated carbocycles. The van der Waals surface area contributed by atoms with Crippen LogP contribution in [-0.2, 0) is 20.2 Å². The van der Waals surface area contributed by atoms with E-state index >= 15 is 0 Å². The van der Waals surface area contributed by atoms with Gasteiger partial charge in [-0.2, -0.15) is 5.10 Å². The summed E-state index contributed by atoms with van der Waals surface area (Å²) in [5.74, 6) is 1.15. The number of carbonyl (C=O) groups excluding carboxylic acids is 1. The van der Waals surface area contributed by atoms with Gasteiger partial charge in [0.05, 0.1) is 17.9 Å². The van der Waals surface area contributed by atoms with Gasteiger partial charge in [-0.1, -0.05) is 17.7 Å². The molecule has 0 fully saturated rings. The van der Waals surface area contributed by atoms with Crippen LogP contribution in [-0.4, -0.2) is 15.7 Å². The van der Waals surface area contributed by atoms with Crippen molar-refractivity contribution in [3.63, 3.8) is 0 Å². The minimum absolute atomic E-state index is 0.217. The van der Waals surface area contributed by atoms with Crippen molar-refractivity contribution in [3.8, 4) is 5.75 Å². The van der Waals surface area contributed by atoms with Crippen molar-refractivity contribution in [3.05, 3.63) is 70.4 Å². The van der Waals surface area contributed by atoms with Crippen molar-refractivity contribution < 1.29 is 13.9 Å². The maximum atomic E-state index is 12.2. The maximum absolute atomic E-state index is 12.2. The third kappa shape index (κ3) is 4.42. The molecular formula is C18H18ClN3O3. The van der Waals surface area contributed by atoms with Crippen LogP contribution in [0.5, 0.6) is 5.75 Å². The summed E-state index contributed by atoms with van der Waals surface area (Å²) < 4.78 is 12.9. The molecule has 2 heterocycles. The molecule has 0 radical (unpaired) electrons. The Labute approximate surface area is 150 Å². The first-order chi connectivity index (χ1) is 12.0. The van der Waals surface area contributed by atoms with Gasteiger partial charge in [0.25, 0.3) is 5.91 Å². The number of hydrogen-bond donors (Lipinski definition) is 1. The average Bonchev–Trinajstić information content (AvgIpc) is 3.17. The Morgan fingerprint density at radius 1 is 1.32 bits per heavy atom. The van der Waals surface area contributed by atoms with Crippen LogP contribution in [0.3, 0.4) is 0 Å². The van der Waals surface area contributed by atoms with Crippen molar-refractivity contribution in [1.29, 1.82) is 0 Å². The van der Waals surface area contributed by atoms with Crippen LogP contribution in [0.1, 0.15) is 27.7 Å². The minimum atomic E-state index is -0.284. The van der Waals surface area contributed by atoms with Crippen molar-refractivity contribution in [2.75, 3.05) is 0 Å². The molecule has 3 rings (SSSR count). The Hall–Kier alpha value is -2.73. The number of nitrogens with zero attached hydrogens (tertiary/aromatic N) is 2. The van der Waals surface area contributed by atoms with E-state index in [9.17, 15) is 4.79 Å². The van der Waals surface area contributed by atoms with Gasteiger partial charge >= 0.3 is 0 Å². The van der Waals surface area contributed by atoms with Crippen LogP contribution < -0.4 is 10.1 Å². The molecule has 0 aliphatic rings. The van der Waals surface area contributed by atoms with Crippen LogP contribution in [0.25, 0.3) is 0 Å². The standard InChI is InChI=1S/C18H18ClN3O3/c1-12-8-14(22(2)21-12)10-20-18(23)17-7-6-16(25-17)11-24-15-5-3-4-13(19)9-15/h3-9H,10-11H2,1-2H3,(H,20,23). The predicted molar refractivity (Wildman–Crippen MR) is 93.6 cm³/mol. The third-order valence-electron chi connectivity index (χ3n) is 3.59. The van der Waals surface area contributed by atoms with Crippen molar-refractivity contribution in [1.82, 2.24) is 15.1 Å². The Balaban J connectivity index is 1.55. The monoisotopic (exact) mass is 359 g/mol. The molecule has 130 valence electrons. The van der Waals surface area contributed by atoms with E-state index in [1.54, 1.807) is 41.1 Å². The molecule has 0 saturated heterocycles. The summed E-state index contributed by atoms with van der Waals surface area (Å²) in [5.41, 5.74) is 1.83. The van der Waals surface area contributed by atoms with Crippen LogP contribution in [0, 0.1) is 6.92 Å². The summed E-state index contributed by atoms with van der Waals surface area (Å²) in [6.07, 6.45) is 0. The highest BCUT2D eigenvalue weighted by Gasteiger charge is 2.12. The van der Waals surface area contributed by atoms with E-state index in [1.165, 1.54) is 0 Å². The van der Waals surface area contributed by atoms with Crippen LogP contribution in [0.4, 0.5) is 0 Å². The Morgan fingerprint density at radius 3 is 2.88 bits per heavy atom. The van der Waals surface area contributed by atoms with Gasteiger partial charge in [-0.05, 0) is 43.3 Å². The van der Waals surface area contributed by atoms with E-state index in [0.29, 0.717) is 23.1 Å². The fourth-order valence-electron chi connectivity index (χ4n) is 2.38. The molecule has 1 aromatic carbocycles. The SMILES string of the molecule is Cc1cc(CNC(=O)c2ccc(COc3cccc(Cl)c3)o2)n(C)n1. The molecule has 7 heteroatoms. The van der Waals surface area contributed by atoms with Gasteiger partial charge in [0, 0.05) is 12.1 Å². The van der Waals surface area contributed by atoms with Gasteiger partial charge in [0.2, 0.25) is 0 Å². The van der Waals surface area contributed by atoms with E-state index < -0.39 is 0 Å². The molecule has 25 heavy (non-hydrogen) atoms. The summed E-state index contributed by atoms with van der Waals surface area (Å²) in [5, 5.41) is 7.65. The van der Waals surface area contributed by atoms with Gasteiger partial charge in [-0.15, -0.1) is 0 Å². The predicted octanol–water partition coefficient (Wildman–Crippen LogP) is 3.48. The second-order valence-corrected chi connectivity index (χ2v) is 6.03. The number of benzene rings is 1. The van der Waals surface area contributed by atoms with Crippen LogP contribution >= 0.6 is 11.6 Å². The van der Waals surface area contributed by atoms with E-state index in [2.05, 4.69) is 10.4 Å². The van der Waals surface area contributed by atoms with Crippen LogP contribution in [0.2, 0.25) is 5.02 Å². The van der Waals surface area contributed by atoms with Crippen molar-refractivity contribution in [2.24, 2.45) is 7.05 Å². The lowest BCUT2D eigenvalue weighted by Gasteiger charge is -2.05. The number of amides is 1. The molecule has 0 unspecified atom stereocenters. The number of carbonyl (C=O) groups is 1. The molecule has 6 nitrogen and oxygen atoms in total. The summed E-state index contributed by atoms with van der Waals surface area (Å²) in [6.45, 7) is 2.50. The topological polar surface area (TPSA) is 69.3 Å². The molecule has 0 bridgehead atoms. The van der Waals surface area contributed by atoms with Crippen molar-refractivity contribution in [2.45, 2.75) is 20.1 Å². The van der Waals surface area contributed by atoms with E-state index in [-0.39, 0.29) is 18.3 Å². The summed E-state index contributed by atoms with van der Waals surface area (Å²) in [4.78, 5) is 12.2. The summed E-state index contributed by atoms with van der Waals surface area (Å²) in [7, 11) is 1.84. The zero-order valence-corrected chi connectivity index (χ0v) is 14.7. The number of aryl methyl sites for hydroxylation is 2. The Bertz CT molecular complexity index is 885. The number of halogens is 1. The molecule has 1 amide bonds. The number of aromatic nitrogens is 2. The van der Waals surface area contributed by atoms with Gasteiger partial charge in [-0.3, -0.25) is 9.48 Å². The molecule has 0 aliphatic carbocycles. The lowest BCUT2D eigenvalue weighted by molar-refractivity contribution is 0.0918. The quantitative estimate of drug-likeness (QED) is 0.731. The highest BCUT2D eigenvalue weighted by atomic mass is 35.5. The molecule has 0 atom stereocenters. The third-order valence-corrected chi connectivity index (χ3v) is 3.83. The molecule has 3 aromatic rings. The number of furan rings is 1. The average molecular weight is 360 g/mol. The number of nitrogens with one attached hydrogen (secondary N) is 1. The fourth-order valence-corrected chi connectivity index (χ4v) is 2.56. The normalized spacial score (nSPS) is 10.7. The number of ether oxygens (including phenoxy) is 1. The second kappa shape index (κ2) is 7.44. The van der Waals surface area contributed by atoms with E-state index in [4.69, 9.17) is 20.8 Å². The zero-order valence-electron chi connectivity index (χ0n) is 14.0. The first-order valence-electron chi connectivity index (χ1n) is 7.76. The molecule has 2 aromatic heterocycles. The van der Waals surface area contributed by atoms with Gasteiger partial charge in [0.15, 0.2) is 5.76 Å². The summed E-state index contributed by atoms with van der Waals surface area (Å²) >= 11 is 5.91. The number of rotatable bonds is 6.